The Morgan fingerprint density at radius 1 is 1.55 bits per heavy atom. The molecule has 0 spiro atoms. The molecule has 0 fully saturated rings. The van der Waals surface area contributed by atoms with Crippen LogP contribution >= 0.6 is 0 Å². The van der Waals surface area contributed by atoms with Crippen molar-refractivity contribution in [3.8, 4) is 0 Å². The summed E-state index contributed by atoms with van der Waals surface area (Å²) >= 11 is 0. The third-order valence-electron chi connectivity index (χ3n) is 2.00. The predicted octanol–water partition coefficient (Wildman–Crippen LogP) is 2.18. The molecule has 1 aromatic rings. The first-order chi connectivity index (χ1) is 5.25. The van der Waals surface area contributed by atoms with Crippen molar-refractivity contribution < 1.29 is 4.39 Å². The minimum absolute atomic E-state index is 0.162. The lowest BCUT2D eigenvalue weighted by Gasteiger charge is -2.01. The SMILES string of the molecule is C[C@H]1Cc2ccc(F)cc2N1. The van der Waals surface area contributed by atoms with E-state index in [0.29, 0.717) is 6.04 Å². The molecule has 1 aliphatic heterocycles. The largest absolute Gasteiger partial charge is 0.382 e. The van der Waals surface area contributed by atoms with Crippen molar-refractivity contribution in [3.05, 3.63) is 29.6 Å². The van der Waals surface area contributed by atoms with Crippen LogP contribution in [0.15, 0.2) is 18.2 Å². The highest BCUT2D eigenvalue weighted by molar-refractivity contribution is 5.56. The van der Waals surface area contributed by atoms with Gasteiger partial charge in [-0.2, -0.15) is 0 Å². The van der Waals surface area contributed by atoms with Crippen LogP contribution in [0, 0.1) is 5.82 Å². The van der Waals surface area contributed by atoms with Crippen molar-refractivity contribution in [2.75, 3.05) is 5.32 Å². The molecule has 1 aromatic carbocycles. The maximum atomic E-state index is 12.6. The van der Waals surface area contributed by atoms with Crippen molar-refractivity contribution in [3.63, 3.8) is 0 Å². The van der Waals surface area contributed by atoms with Crippen LogP contribution in [0.25, 0.3) is 0 Å². The van der Waals surface area contributed by atoms with E-state index in [0.717, 1.165) is 12.1 Å². The zero-order valence-electron chi connectivity index (χ0n) is 6.39. The van der Waals surface area contributed by atoms with Gasteiger partial charge >= 0.3 is 0 Å². The van der Waals surface area contributed by atoms with Crippen molar-refractivity contribution >= 4 is 5.69 Å². The van der Waals surface area contributed by atoms with Gasteiger partial charge in [0.25, 0.3) is 0 Å². The molecular weight excluding hydrogens is 141 g/mol. The van der Waals surface area contributed by atoms with Crippen LogP contribution in [0.4, 0.5) is 10.1 Å². The highest BCUT2D eigenvalue weighted by Crippen LogP contribution is 2.25. The van der Waals surface area contributed by atoms with Crippen molar-refractivity contribution in [1.82, 2.24) is 0 Å². The lowest BCUT2D eigenvalue weighted by molar-refractivity contribution is 0.628. The van der Waals surface area contributed by atoms with Crippen LogP contribution < -0.4 is 5.32 Å². The summed E-state index contributed by atoms with van der Waals surface area (Å²) in [7, 11) is 0. The van der Waals surface area contributed by atoms with Gasteiger partial charge in [0.15, 0.2) is 0 Å². The Morgan fingerprint density at radius 3 is 3.18 bits per heavy atom. The summed E-state index contributed by atoms with van der Waals surface area (Å²) < 4.78 is 12.6. The topological polar surface area (TPSA) is 12.0 Å². The molecule has 1 aliphatic rings. The zero-order chi connectivity index (χ0) is 7.84. The van der Waals surface area contributed by atoms with Gasteiger partial charge in [-0.15, -0.1) is 0 Å². The summed E-state index contributed by atoms with van der Waals surface area (Å²) in [5.41, 5.74) is 2.18. The standard InChI is InChI=1S/C9H10FN/c1-6-4-7-2-3-8(10)5-9(7)11-6/h2-3,5-6,11H,4H2,1H3/t6-/m0/s1. The van der Waals surface area contributed by atoms with Gasteiger partial charge in [-0.3, -0.25) is 0 Å². The Bertz CT molecular complexity index is 283. The first-order valence-corrected chi connectivity index (χ1v) is 3.80. The first kappa shape index (κ1) is 6.65. The van der Waals surface area contributed by atoms with Crippen LogP contribution in [-0.4, -0.2) is 6.04 Å². The number of nitrogens with one attached hydrogen (secondary N) is 1. The Hall–Kier alpha value is -1.05. The lowest BCUT2D eigenvalue weighted by atomic mass is 10.1. The molecule has 0 bridgehead atoms. The van der Waals surface area contributed by atoms with E-state index in [1.165, 1.54) is 11.6 Å². The smallest absolute Gasteiger partial charge is 0.125 e. The van der Waals surface area contributed by atoms with Gasteiger partial charge in [0, 0.05) is 11.7 Å². The van der Waals surface area contributed by atoms with E-state index in [2.05, 4.69) is 12.2 Å². The maximum Gasteiger partial charge on any atom is 0.125 e. The van der Waals surface area contributed by atoms with Crippen LogP contribution in [0.3, 0.4) is 0 Å². The van der Waals surface area contributed by atoms with E-state index in [1.54, 1.807) is 6.07 Å². The molecular formula is C9H10FN. The Morgan fingerprint density at radius 2 is 2.36 bits per heavy atom. The number of hydrogen-bond acceptors (Lipinski definition) is 1. The molecule has 0 saturated heterocycles. The Labute approximate surface area is 65.2 Å². The molecule has 0 aromatic heterocycles. The van der Waals surface area contributed by atoms with E-state index >= 15 is 0 Å². The van der Waals surface area contributed by atoms with Crippen molar-refractivity contribution in [1.29, 1.82) is 0 Å². The lowest BCUT2D eigenvalue weighted by Crippen LogP contribution is -2.08. The van der Waals surface area contributed by atoms with Gasteiger partial charge in [-0.05, 0) is 31.0 Å². The molecule has 0 saturated carbocycles. The van der Waals surface area contributed by atoms with Crippen LogP contribution in [0.2, 0.25) is 0 Å². The molecule has 2 heteroatoms. The summed E-state index contributed by atoms with van der Waals surface area (Å²) in [6.45, 7) is 2.10. The van der Waals surface area contributed by atoms with Gasteiger partial charge in [0.05, 0.1) is 0 Å². The molecule has 1 heterocycles. The number of rotatable bonds is 0. The zero-order valence-corrected chi connectivity index (χ0v) is 6.39. The molecule has 58 valence electrons. The maximum absolute atomic E-state index is 12.6. The van der Waals surface area contributed by atoms with E-state index in [9.17, 15) is 4.39 Å². The van der Waals surface area contributed by atoms with Gasteiger partial charge in [0.1, 0.15) is 5.82 Å². The van der Waals surface area contributed by atoms with Crippen molar-refractivity contribution in [2.45, 2.75) is 19.4 Å². The normalized spacial score (nSPS) is 21.1. The molecule has 1 atom stereocenters. The third kappa shape index (κ3) is 1.09. The van der Waals surface area contributed by atoms with Gasteiger partial charge in [-0.25, -0.2) is 4.39 Å². The number of benzene rings is 1. The van der Waals surface area contributed by atoms with Gasteiger partial charge < -0.3 is 5.32 Å². The molecule has 0 aliphatic carbocycles. The molecule has 0 unspecified atom stereocenters. The van der Waals surface area contributed by atoms with E-state index in [4.69, 9.17) is 0 Å². The van der Waals surface area contributed by atoms with Gasteiger partial charge in [-0.1, -0.05) is 6.07 Å². The third-order valence-corrected chi connectivity index (χ3v) is 2.00. The number of fused-ring (bicyclic) bond motifs is 1. The fourth-order valence-electron chi connectivity index (χ4n) is 1.51. The summed E-state index contributed by atoms with van der Waals surface area (Å²) in [4.78, 5) is 0. The Kier molecular flexibility index (Phi) is 1.34. The van der Waals surface area contributed by atoms with E-state index in [-0.39, 0.29) is 5.82 Å². The second kappa shape index (κ2) is 2.22. The average molecular weight is 151 g/mol. The highest BCUT2D eigenvalue weighted by atomic mass is 19.1. The Balaban J connectivity index is 2.43. The molecule has 2 rings (SSSR count). The molecule has 0 amide bonds. The molecule has 11 heavy (non-hydrogen) atoms. The molecule has 1 nitrogen and oxygen atoms in total. The molecule has 1 N–H and O–H groups in total. The minimum atomic E-state index is -0.162. The fraction of sp³-hybridized carbons (Fsp3) is 0.333. The summed E-state index contributed by atoms with van der Waals surface area (Å²) in [5, 5.41) is 3.20. The number of anilines is 1. The second-order valence-electron chi connectivity index (χ2n) is 3.05. The highest BCUT2D eigenvalue weighted by Gasteiger charge is 2.15. The molecule has 0 radical (unpaired) electrons. The van der Waals surface area contributed by atoms with Crippen LogP contribution in [-0.2, 0) is 6.42 Å². The predicted molar refractivity (Wildman–Crippen MR) is 43.2 cm³/mol. The minimum Gasteiger partial charge on any atom is -0.382 e. The number of halogens is 1. The van der Waals surface area contributed by atoms with E-state index < -0.39 is 0 Å². The average Bonchev–Trinajstić information content (AvgIpc) is 2.27. The summed E-state index contributed by atoms with van der Waals surface area (Å²) in [6.07, 6.45) is 1.01. The van der Waals surface area contributed by atoms with Crippen LogP contribution in [0.5, 0.6) is 0 Å². The second-order valence-corrected chi connectivity index (χ2v) is 3.05. The van der Waals surface area contributed by atoms with Gasteiger partial charge in [0.2, 0.25) is 0 Å². The van der Waals surface area contributed by atoms with E-state index in [1.807, 2.05) is 6.07 Å². The van der Waals surface area contributed by atoms with Crippen LogP contribution in [0.1, 0.15) is 12.5 Å². The summed E-state index contributed by atoms with van der Waals surface area (Å²) in [5.74, 6) is -0.162. The number of hydrogen-bond donors (Lipinski definition) is 1. The monoisotopic (exact) mass is 151 g/mol. The first-order valence-electron chi connectivity index (χ1n) is 3.80. The van der Waals surface area contributed by atoms with Crippen molar-refractivity contribution in [2.24, 2.45) is 0 Å². The quantitative estimate of drug-likeness (QED) is 0.599. The fourth-order valence-corrected chi connectivity index (χ4v) is 1.51. The summed E-state index contributed by atoms with van der Waals surface area (Å²) in [6, 6.07) is 5.37.